The van der Waals surface area contributed by atoms with Crippen molar-refractivity contribution in [2.75, 3.05) is 5.75 Å². The van der Waals surface area contributed by atoms with Gasteiger partial charge in [0, 0.05) is 18.3 Å². The summed E-state index contributed by atoms with van der Waals surface area (Å²) in [7, 11) is 0. The fourth-order valence-corrected chi connectivity index (χ4v) is 1.26. The maximum absolute atomic E-state index is 4.39. The van der Waals surface area contributed by atoms with Gasteiger partial charge in [-0.05, 0) is 18.2 Å². The van der Waals surface area contributed by atoms with Gasteiger partial charge in [-0.3, -0.25) is 0 Å². The molecule has 2 nitrogen and oxygen atoms in total. The lowest BCUT2D eigenvalue weighted by atomic mass is 10.2. The molecule has 12 heavy (non-hydrogen) atoms. The van der Waals surface area contributed by atoms with E-state index in [1.807, 2.05) is 12.3 Å². The van der Waals surface area contributed by atoms with E-state index in [9.17, 15) is 0 Å². The molecule has 0 radical (unpaired) electrons. The monoisotopic (exact) mass is 182 g/mol. The Balaban J connectivity index is 2.67. The van der Waals surface area contributed by atoms with Crippen molar-refractivity contribution in [2.24, 2.45) is 0 Å². The van der Waals surface area contributed by atoms with Gasteiger partial charge in [0.1, 0.15) is 5.82 Å². The minimum absolute atomic E-state index is 0.815. The van der Waals surface area contributed by atoms with Gasteiger partial charge in [-0.25, -0.2) is 9.97 Å². The summed E-state index contributed by atoms with van der Waals surface area (Å²) in [6.45, 7) is 2.15. The van der Waals surface area contributed by atoms with Gasteiger partial charge < -0.3 is 0 Å². The molecule has 66 valence electrons. The Labute approximate surface area is 78.9 Å². The molecule has 0 spiro atoms. The lowest BCUT2D eigenvalue weighted by molar-refractivity contribution is 0.836. The third-order valence-corrected chi connectivity index (χ3v) is 1.83. The van der Waals surface area contributed by atoms with Crippen molar-refractivity contribution in [1.29, 1.82) is 0 Å². The molecule has 0 bridgehead atoms. The van der Waals surface area contributed by atoms with Gasteiger partial charge in [0.2, 0.25) is 0 Å². The molecule has 0 amide bonds. The molecule has 0 N–H and O–H groups in total. The van der Waals surface area contributed by atoms with Gasteiger partial charge in [0.05, 0.1) is 0 Å². The van der Waals surface area contributed by atoms with Crippen molar-refractivity contribution >= 4 is 12.6 Å². The SMILES string of the molecule is CCCc1ccnc(CCS)n1. The first-order chi connectivity index (χ1) is 5.86. The Kier molecular flexibility index (Phi) is 4.08. The Hall–Kier alpha value is -0.570. The van der Waals surface area contributed by atoms with Crippen LogP contribution < -0.4 is 0 Å². The molecule has 0 saturated carbocycles. The van der Waals surface area contributed by atoms with E-state index in [-0.39, 0.29) is 0 Å². The highest BCUT2D eigenvalue weighted by Gasteiger charge is 1.96. The second-order valence-electron chi connectivity index (χ2n) is 2.69. The predicted octanol–water partition coefficient (Wildman–Crippen LogP) is 1.90. The second-order valence-corrected chi connectivity index (χ2v) is 3.14. The number of rotatable bonds is 4. The minimum atomic E-state index is 0.815. The molecule has 0 aliphatic heterocycles. The van der Waals surface area contributed by atoms with Gasteiger partial charge in [-0.2, -0.15) is 12.6 Å². The van der Waals surface area contributed by atoms with Gasteiger partial charge in [-0.15, -0.1) is 0 Å². The summed E-state index contributed by atoms with van der Waals surface area (Å²) < 4.78 is 0. The van der Waals surface area contributed by atoms with Crippen LogP contribution in [0.2, 0.25) is 0 Å². The van der Waals surface area contributed by atoms with Gasteiger partial charge in [-0.1, -0.05) is 13.3 Å². The van der Waals surface area contributed by atoms with E-state index in [0.717, 1.165) is 36.5 Å². The molecule has 0 aromatic carbocycles. The quantitative estimate of drug-likeness (QED) is 0.720. The fourth-order valence-electron chi connectivity index (χ4n) is 1.06. The van der Waals surface area contributed by atoms with Crippen LogP contribution >= 0.6 is 12.6 Å². The first-order valence-corrected chi connectivity index (χ1v) is 4.91. The zero-order valence-electron chi connectivity index (χ0n) is 7.32. The maximum Gasteiger partial charge on any atom is 0.129 e. The van der Waals surface area contributed by atoms with E-state index < -0.39 is 0 Å². The standard InChI is InChI=1S/C9H14N2S/c1-2-3-8-4-6-10-9(11-8)5-7-12/h4,6,12H,2-3,5,7H2,1H3. The highest BCUT2D eigenvalue weighted by atomic mass is 32.1. The van der Waals surface area contributed by atoms with E-state index in [1.54, 1.807) is 0 Å². The van der Waals surface area contributed by atoms with Gasteiger partial charge >= 0.3 is 0 Å². The van der Waals surface area contributed by atoms with Crippen molar-refractivity contribution in [3.8, 4) is 0 Å². The zero-order chi connectivity index (χ0) is 8.81. The van der Waals surface area contributed by atoms with Gasteiger partial charge in [0.25, 0.3) is 0 Å². The second kappa shape index (κ2) is 5.14. The number of aryl methyl sites for hydroxylation is 2. The molecule has 1 rings (SSSR count). The van der Waals surface area contributed by atoms with Crippen molar-refractivity contribution in [1.82, 2.24) is 9.97 Å². The van der Waals surface area contributed by atoms with E-state index in [1.165, 1.54) is 0 Å². The number of hydrogen-bond acceptors (Lipinski definition) is 3. The summed E-state index contributed by atoms with van der Waals surface area (Å²) in [4.78, 5) is 8.54. The maximum atomic E-state index is 4.39. The van der Waals surface area contributed by atoms with Crippen molar-refractivity contribution in [2.45, 2.75) is 26.2 Å². The Morgan fingerprint density at radius 2 is 2.25 bits per heavy atom. The summed E-state index contributed by atoms with van der Waals surface area (Å²) in [6.07, 6.45) is 4.87. The predicted molar refractivity (Wildman–Crippen MR) is 53.6 cm³/mol. The summed E-state index contributed by atoms with van der Waals surface area (Å²) in [5.74, 6) is 1.73. The molecule has 1 heterocycles. The smallest absolute Gasteiger partial charge is 0.129 e. The minimum Gasteiger partial charge on any atom is -0.241 e. The number of nitrogens with zero attached hydrogens (tertiary/aromatic N) is 2. The molecule has 0 atom stereocenters. The molecular formula is C9H14N2S. The molecule has 1 aromatic rings. The first kappa shape index (κ1) is 9.52. The van der Waals surface area contributed by atoms with Crippen LogP contribution in [-0.4, -0.2) is 15.7 Å². The normalized spacial score (nSPS) is 10.2. The number of aromatic nitrogens is 2. The lowest BCUT2D eigenvalue weighted by Gasteiger charge is -1.99. The van der Waals surface area contributed by atoms with Crippen molar-refractivity contribution in [3.63, 3.8) is 0 Å². The average molecular weight is 182 g/mol. The van der Waals surface area contributed by atoms with Crippen LogP contribution in [0.1, 0.15) is 24.9 Å². The average Bonchev–Trinajstić information content (AvgIpc) is 2.06. The van der Waals surface area contributed by atoms with Crippen LogP contribution in [0.5, 0.6) is 0 Å². The molecule has 0 saturated heterocycles. The third-order valence-electron chi connectivity index (χ3n) is 1.60. The van der Waals surface area contributed by atoms with Crippen molar-refractivity contribution < 1.29 is 0 Å². The molecule has 0 aliphatic rings. The fraction of sp³-hybridized carbons (Fsp3) is 0.556. The van der Waals surface area contributed by atoms with E-state index >= 15 is 0 Å². The van der Waals surface area contributed by atoms with Gasteiger partial charge in [0.15, 0.2) is 0 Å². The third kappa shape index (κ3) is 2.81. The molecule has 0 unspecified atom stereocenters. The molecule has 3 heteroatoms. The van der Waals surface area contributed by atoms with Crippen LogP contribution in [0.4, 0.5) is 0 Å². The summed E-state index contributed by atoms with van der Waals surface area (Å²) >= 11 is 4.14. The first-order valence-electron chi connectivity index (χ1n) is 4.28. The highest BCUT2D eigenvalue weighted by molar-refractivity contribution is 7.80. The van der Waals surface area contributed by atoms with E-state index in [0.29, 0.717) is 0 Å². The lowest BCUT2D eigenvalue weighted by Crippen LogP contribution is -1.99. The summed E-state index contributed by atoms with van der Waals surface area (Å²) in [5, 5.41) is 0. The van der Waals surface area contributed by atoms with E-state index in [4.69, 9.17) is 0 Å². The largest absolute Gasteiger partial charge is 0.241 e. The number of hydrogen-bond donors (Lipinski definition) is 1. The highest BCUT2D eigenvalue weighted by Crippen LogP contribution is 2.00. The van der Waals surface area contributed by atoms with Crippen LogP contribution in [0.15, 0.2) is 12.3 Å². The van der Waals surface area contributed by atoms with Crippen LogP contribution in [-0.2, 0) is 12.8 Å². The molecular weight excluding hydrogens is 168 g/mol. The topological polar surface area (TPSA) is 25.8 Å². The van der Waals surface area contributed by atoms with Crippen LogP contribution in [0.3, 0.4) is 0 Å². The Bertz CT molecular complexity index is 216. The zero-order valence-corrected chi connectivity index (χ0v) is 8.22. The Morgan fingerprint density at radius 3 is 2.92 bits per heavy atom. The van der Waals surface area contributed by atoms with E-state index in [2.05, 4.69) is 29.5 Å². The summed E-state index contributed by atoms with van der Waals surface area (Å²) in [5.41, 5.74) is 1.14. The summed E-state index contributed by atoms with van der Waals surface area (Å²) in [6, 6.07) is 1.98. The van der Waals surface area contributed by atoms with Crippen molar-refractivity contribution in [3.05, 3.63) is 23.8 Å². The molecule has 1 aromatic heterocycles. The van der Waals surface area contributed by atoms with Crippen LogP contribution in [0.25, 0.3) is 0 Å². The molecule has 0 fully saturated rings. The molecule has 0 aliphatic carbocycles. The Morgan fingerprint density at radius 1 is 1.42 bits per heavy atom. The van der Waals surface area contributed by atoms with Crippen LogP contribution in [0, 0.1) is 0 Å². The number of thiol groups is 1.